The van der Waals surface area contributed by atoms with Crippen molar-refractivity contribution in [2.24, 2.45) is 0 Å². The Morgan fingerprint density at radius 2 is 1.50 bits per heavy atom. The SMILES string of the molecule is CCCC/C=C\CCCCOc1ccc(-c2ccc(CCCCCOCCC)cc2)nc1. The third kappa shape index (κ3) is 11.5. The smallest absolute Gasteiger partial charge is 0.137 e. The number of rotatable bonds is 18. The van der Waals surface area contributed by atoms with E-state index in [9.17, 15) is 0 Å². The van der Waals surface area contributed by atoms with Gasteiger partial charge in [0.25, 0.3) is 0 Å². The number of benzene rings is 1. The zero-order valence-corrected chi connectivity index (χ0v) is 20.4. The van der Waals surface area contributed by atoms with Crippen LogP contribution in [0.1, 0.15) is 83.6 Å². The standard InChI is InChI=1S/C29H43NO2/c1-3-5-6-7-8-9-10-14-24-32-28-20-21-29(30-25-28)27-18-16-26(17-19-27)15-12-11-13-23-31-22-4-2/h7-8,16-21,25H,3-6,9-15,22-24H2,1-2H3/b8-7-. The van der Waals surface area contributed by atoms with E-state index in [0.29, 0.717) is 0 Å². The van der Waals surface area contributed by atoms with Crippen LogP contribution in [0.5, 0.6) is 5.75 Å². The maximum absolute atomic E-state index is 5.85. The summed E-state index contributed by atoms with van der Waals surface area (Å²) in [5.74, 6) is 0.853. The highest BCUT2D eigenvalue weighted by Gasteiger charge is 2.02. The van der Waals surface area contributed by atoms with Crippen molar-refractivity contribution >= 4 is 0 Å². The summed E-state index contributed by atoms with van der Waals surface area (Å²) in [6, 6.07) is 12.9. The molecule has 2 aromatic rings. The molecule has 0 aliphatic rings. The molecule has 176 valence electrons. The number of hydrogen-bond acceptors (Lipinski definition) is 3. The molecule has 0 aliphatic heterocycles. The molecule has 1 aromatic heterocycles. The number of hydrogen-bond donors (Lipinski definition) is 0. The molecule has 0 amide bonds. The van der Waals surface area contributed by atoms with Crippen LogP contribution in [0, 0.1) is 0 Å². The number of unbranched alkanes of at least 4 members (excludes halogenated alkanes) is 6. The Morgan fingerprint density at radius 3 is 2.22 bits per heavy atom. The molecule has 3 nitrogen and oxygen atoms in total. The number of allylic oxidation sites excluding steroid dienone is 2. The first-order valence-electron chi connectivity index (χ1n) is 12.7. The second kappa shape index (κ2) is 17.4. The van der Waals surface area contributed by atoms with Crippen molar-refractivity contribution in [2.45, 2.75) is 84.5 Å². The molecule has 0 spiro atoms. The molecule has 0 aliphatic carbocycles. The molecular formula is C29H43NO2. The Balaban J connectivity index is 1.63. The van der Waals surface area contributed by atoms with E-state index in [0.717, 1.165) is 68.9 Å². The summed E-state index contributed by atoms with van der Waals surface area (Å²) in [6.07, 6.45) is 19.5. The van der Waals surface area contributed by atoms with E-state index in [-0.39, 0.29) is 0 Å². The van der Waals surface area contributed by atoms with Crippen LogP contribution in [-0.2, 0) is 11.2 Å². The van der Waals surface area contributed by atoms with Gasteiger partial charge in [0.2, 0.25) is 0 Å². The Hall–Kier alpha value is -2.13. The lowest BCUT2D eigenvalue weighted by Crippen LogP contribution is -1.97. The maximum Gasteiger partial charge on any atom is 0.137 e. The Kier molecular flexibility index (Phi) is 14.2. The van der Waals surface area contributed by atoms with E-state index < -0.39 is 0 Å². The molecular weight excluding hydrogens is 394 g/mol. The molecule has 32 heavy (non-hydrogen) atoms. The lowest BCUT2D eigenvalue weighted by atomic mass is 10.0. The molecule has 1 heterocycles. The maximum atomic E-state index is 5.85. The van der Waals surface area contributed by atoms with Gasteiger partial charge >= 0.3 is 0 Å². The van der Waals surface area contributed by atoms with Crippen LogP contribution < -0.4 is 4.74 Å². The van der Waals surface area contributed by atoms with E-state index in [4.69, 9.17) is 9.47 Å². The van der Waals surface area contributed by atoms with Crippen molar-refractivity contribution in [3.8, 4) is 17.0 Å². The van der Waals surface area contributed by atoms with Crippen molar-refractivity contribution in [3.63, 3.8) is 0 Å². The van der Waals surface area contributed by atoms with E-state index in [1.54, 1.807) is 0 Å². The minimum absolute atomic E-state index is 0.753. The summed E-state index contributed by atoms with van der Waals surface area (Å²) in [7, 11) is 0. The van der Waals surface area contributed by atoms with Gasteiger partial charge in [-0.15, -0.1) is 0 Å². The van der Waals surface area contributed by atoms with Gasteiger partial charge in [0.1, 0.15) is 5.75 Å². The molecule has 3 heteroatoms. The summed E-state index contributed by atoms with van der Waals surface area (Å²) in [6.45, 7) is 6.92. The normalized spacial score (nSPS) is 11.3. The van der Waals surface area contributed by atoms with Crippen molar-refractivity contribution in [3.05, 3.63) is 60.3 Å². The summed E-state index contributed by atoms with van der Waals surface area (Å²) < 4.78 is 11.4. The van der Waals surface area contributed by atoms with Crippen LogP contribution in [0.15, 0.2) is 54.7 Å². The zero-order valence-electron chi connectivity index (χ0n) is 20.4. The van der Waals surface area contributed by atoms with Gasteiger partial charge in [0, 0.05) is 18.8 Å². The summed E-state index contributed by atoms with van der Waals surface area (Å²) in [5.41, 5.74) is 3.54. The average molecular weight is 438 g/mol. The first-order chi connectivity index (χ1) is 15.8. The third-order valence-electron chi connectivity index (χ3n) is 5.51. The van der Waals surface area contributed by atoms with Gasteiger partial charge in [-0.2, -0.15) is 0 Å². The first-order valence-corrected chi connectivity index (χ1v) is 12.7. The summed E-state index contributed by atoms with van der Waals surface area (Å²) in [5, 5.41) is 0. The molecule has 0 saturated carbocycles. The lowest BCUT2D eigenvalue weighted by molar-refractivity contribution is 0.130. The van der Waals surface area contributed by atoms with Crippen molar-refractivity contribution < 1.29 is 9.47 Å². The second-order valence-corrected chi connectivity index (χ2v) is 8.46. The Morgan fingerprint density at radius 1 is 0.719 bits per heavy atom. The molecule has 0 fully saturated rings. The molecule has 0 unspecified atom stereocenters. The highest BCUT2D eigenvalue weighted by Crippen LogP contribution is 2.21. The summed E-state index contributed by atoms with van der Waals surface area (Å²) in [4.78, 5) is 4.60. The van der Waals surface area contributed by atoms with Gasteiger partial charge in [-0.3, -0.25) is 4.98 Å². The van der Waals surface area contributed by atoms with Crippen LogP contribution in [-0.4, -0.2) is 24.8 Å². The van der Waals surface area contributed by atoms with Crippen LogP contribution in [0.4, 0.5) is 0 Å². The zero-order chi connectivity index (χ0) is 22.7. The van der Waals surface area contributed by atoms with Crippen LogP contribution in [0.3, 0.4) is 0 Å². The Bertz CT molecular complexity index is 722. The van der Waals surface area contributed by atoms with E-state index in [1.807, 2.05) is 12.3 Å². The van der Waals surface area contributed by atoms with Crippen LogP contribution in [0.2, 0.25) is 0 Å². The second-order valence-electron chi connectivity index (χ2n) is 8.46. The monoisotopic (exact) mass is 437 g/mol. The molecule has 2 rings (SSSR count). The molecule has 0 atom stereocenters. The fourth-order valence-corrected chi connectivity index (χ4v) is 3.55. The van der Waals surface area contributed by atoms with Crippen molar-refractivity contribution in [1.82, 2.24) is 4.98 Å². The highest BCUT2D eigenvalue weighted by molar-refractivity contribution is 5.59. The van der Waals surface area contributed by atoms with Crippen LogP contribution >= 0.6 is 0 Å². The van der Waals surface area contributed by atoms with Gasteiger partial charge in [-0.05, 0) is 69.1 Å². The van der Waals surface area contributed by atoms with E-state index >= 15 is 0 Å². The number of nitrogens with zero attached hydrogens (tertiary/aromatic N) is 1. The average Bonchev–Trinajstić information content (AvgIpc) is 2.83. The molecule has 0 bridgehead atoms. The predicted octanol–water partition coefficient (Wildman–Crippen LogP) is 8.18. The predicted molar refractivity (Wildman–Crippen MR) is 136 cm³/mol. The molecule has 0 radical (unpaired) electrons. The number of ether oxygens (including phenoxy) is 2. The Labute approximate surface area is 196 Å². The van der Waals surface area contributed by atoms with Crippen molar-refractivity contribution in [2.75, 3.05) is 19.8 Å². The number of aromatic nitrogens is 1. The molecule has 0 saturated heterocycles. The minimum Gasteiger partial charge on any atom is -0.492 e. The fourth-order valence-electron chi connectivity index (χ4n) is 3.55. The summed E-state index contributed by atoms with van der Waals surface area (Å²) >= 11 is 0. The van der Waals surface area contributed by atoms with Gasteiger partial charge in [-0.1, -0.05) is 69.5 Å². The highest BCUT2D eigenvalue weighted by atomic mass is 16.5. The fraction of sp³-hybridized carbons (Fsp3) is 0.552. The quantitative estimate of drug-likeness (QED) is 0.174. The third-order valence-corrected chi connectivity index (χ3v) is 5.51. The van der Waals surface area contributed by atoms with Crippen LogP contribution in [0.25, 0.3) is 11.3 Å². The van der Waals surface area contributed by atoms with Gasteiger partial charge in [0.15, 0.2) is 0 Å². The van der Waals surface area contributed by atoms with Gasteiger partial charge in [-0.25, -0.2) is 0 Å². The largest absolute Gasteiger partial charge is 0.492 e. The van der Waals surface area contributed by atoms with E-state index in [2.05, 4.69) is 61.3 Å². The van der Waals surface area contributed by atoms with Gasteiger partial charge < -0.3 is 9.47 Å². The topological polar surface area (TPSA) is 31.4 Å². The molecule has 0 N–H and O–H groups in total. The first kappa shape index (κ1) is 26.1. The minimum atomic E-state index is 0.753. The lowest BCUT2D eigenvalue weighted by Gasteiger charge is -2.07. The molecule has 1 aromatic carbocycles. The number of aryl methyl sites for hydroxylation is 1. The number of pyridine rings is 1. The van der Waals surface area contributed by atoms with Gasteiger partial charge in [0.05, 0.1) is 18.5 Å². The van der Waals surface area contributed by atoms with Crippen molar-refractivity contribution in [1.29, 1.82) is 0 Å². The van der Waals surface area contributed by atoms with E-state index in [1.165, 1.54) is 44.1 Å².